The molecule has 2 aliphatic rings. The van der Waals surface area contributed by atoms with Gasteiger partial charge in [0.2, 0.25) is 0 Å². The van der Waals surface area contributed by atoms with E-state index < -0.39 is 0 Å². The van der Waals surface area contributed by atoms with Crippen molar-refractivity contribution in [1.82, 2.24) is 4.98 Å². The van der Waals surface area contributed by atoms with Gasteiger partial charge in [0.15, 0.2) is 0 Å². The molecular weight excluding hydrogens is 266 g/mol. The number of benzene rings is 1. The average molecular weight is 289 g/mol. The lowest BCUT2D eigenvalue weighted by Crippen LogP contribution is -2.08. The fourth-order valence-corrected chi connectivity index (χ4v) is 3.82. The van der Waals surface area contributed by atoms with E-state index in [4.69, 9.17) is 4.98 Å². The highest BCUT2D eigenvalue weighted by Crippen LogP contribution is 2.35. The summed E-state index contributed by atoms with van der Waals surface area (Å²) in [5, 5.41) is 2.68. The predicted octanol–water partition coefficient (Wildman–Crippen LogP) is 5.88. The van der Waals surface area contributed by atoms with Crippen molar-refractivity contribution in [1.29, 1.82) is 0 Å². The summed E-state index contributed by atoms with van der Waals surface area (Å²) < 4.78 is 0. The number of hydrogen-bond donors (Lipinski definition) is 0. The molecule has 0 amide bonds. The van der Waals surface area contributed by atoms with Crippen LogP contribution < -0.4 is 0 Å². The molecule has 2 aliphatic carbocycles. The van der Waals surface area contributed by atoms with Gasteiger partial charge in [-0.05, 0) is 50.0 Å². The molecule has 22 heavy (non-hydrogen) atoms. The molecule has 0 fully saturated rings. The lowest BCUT2D eigenvalue weighted by Gasteiger charge is -2.22. The third-order valence-corrected chi connectivity index (χ3v) is 5.03. The van der Waals surface area contributed by atoms with Gasteiger partial charge in [0.25, 0.3) is 0 Å². The number of hydrogen-bond acceptors (Lipinski definition) is 1. The van der Waals surface area contributed by atoms with Crippen LogP contribution >= 0.6 is 0 Å². The Labute approximate surface area is 132 Å². The minimum atomic E-state index is 0.492. The molecule has 2 unspecified atom stereocenters. The maximum atomic E-state index is 5.15. The molecule has 0 spiro atoms. The van der Waals surface area contributed by atoms with E-state index in [0.717, 1.165) is 0 Å². The Hall–Kier alpha value is -1.89. The van der Waals surface area contributed by atoms with Crippen LogP contribution in [0.15, 0.2) is 54.6 Å². The lowest BCUT2D eigenvalue weighted by molar-refractivity contribution is 0.620. The van der Waals surface area contributed by atoms with Crippen molar-refractivity contribution in [2.45, 2.75) is 50.4 Å². The first-order valence-corrected chi connectivity index (χ1v) is 8.65. The van der Waals surface area contributed by atoms with Gasteiger partial charge in [-0.15, -0.1) is 0 Å². The maximum absolute atomic E-state index is 5.15. The zero-order valence-electron chi connectivity index (χ0n) is 13.0. The van der Waals surface area contributed by atoms with Crippen LogP contribution in [0.2, 0.25) is 0 Å². The summed E-state index contributed by atoms with van der Waals surface area (Å²) >= 11 is 0. The highest BCUT2D eigenvalue weighted by atomic mass is 14.7. The average Bonchev–Trinajstić information content (AvgIpc) is 2.62. The van der Waals surface area contributed by atoms with Gasteiger partial charge in [-0.3, -0.25) is 4.98 Å². The first-order valence-electron chi connectivity index (χ1n) is 8.65. The topological polar surface area (TPSA) is 12.9 Å². The summed E-state index contributed by atoms with van der Waals surface area (Å²) in [5.74, 6) is 0.996. The number of rotatable bonds is 2. The first kappa shape index (κ1) is 13.8. The molecular formula is C21H23N. The van der Waals surface area contributed by atoms with Crippen LogP contribution in [0.25, 0.3) is 10.8 Å². The van der Waals surface area contributed by atoms with E-state index in [1.165, 1.54) is 60.7 Å². The highest BCUT2D eigenvalue weighted by Gasteiger charge is 2.19. The Morgan fingerprint density at radius 2 is 1.59 bits per heavy atom. The zero-order valence-corrected chi connectivity index (χ0v) is 13.0. The van der Waals surface area contributed by atoms with E-state index in [1.807, 2.05) is 0 Å². The predicted molar refractivity (Wildman–Crippen MR) is 93.2 cm³/mol. The number of pyridine rings is 1. The fraction of sp³-hybridized carbons (Fsp3) is 0.381. The third kappa shape index (κ3) is 2.61. The van der Waals surface area contributed by atoms with Crippen molar-refractivity contribution >= 4 is 10.8 Å². The van der Waals surface area contributed by atoms with Crippen LogP contribution in [0.5, 0.6) is 0 Å². The van der Waals surface area contributed by atoms with Gasteiger partial charge in [0.1, 0.15) is 0 Å². The molecule has 0 bridgehead atoms. The zero-order chi connectivity index (χ0) is 14.8. The van der Waals surface area contributed by atoms with Crippen LogP contribution in [0.1, 0.15) is 61.7 Å². The number of fused-ring (bicyclic) bond motifs is 1. The summed E-state index contributed by atoms with van der Waals surface area (Å²) in [6, 6.07) is 11.1. The Balaban J connectivity index is 1.85. The summed E-state index contributed by atoms with van der Waals surface area (Å²) in [4.78, 5) is 5.15. The fourth-order valence-electron chi connectivity index (χ4n) is 3.82. The second-order valence-corrected chi connectivity index (χ2v) is 6.58. The molecule has 4 rings (SSSR count). The number of aromatic nitrogens is 1. The van der Waals surface area contributed by atoms with E-state index in [2.05, 4.69) is 54.6 Å². The first-order chi connectivity index (χ1) is 10.9. The molecule has 1 heteroatoms. The van der Waals surface area contributed by atoms with Crippen molar-refractivity contribution in [3.8, 4) is 0 Å². The Kier molecular flexibility index (Phi) is 3.80. The summed E-state index contributed by atoms with van der Waals surface area (Å²) in [5.41, 5.74) is 2.56. The molecule has 0 radical (unpaired) electrons. The highest BCUT2D eigenvalue weighted by molar-refractivity contribution is 5.85. The van der Waals surface area contributed by atoms with Crippen LogP contribution in [0, 0.1) is 0 Å². The molecule has 0 saturated carbocycles. The SMILES string of the molecule is C1=CC(c2cc3ccccc3c(C3C=CCCC3)n2)CCC1. The second-order valence-electron chi connectivity index (χ2n) is 6.58. The molecule has 0 aliphatic heterocycles. The van der Waals surface area contributed by atoms with Crippen molar-refractivity contribution < 1.29 is 0 Å². The largest absolute Gasteiger partial charge is 0.256 e. The smallest absolute Gasteiger partial charge is 0.0553 e. The van der Waals surface area contributed by atoms with Gasteiger partial charge in [-0.2, -0.15) is 0 Å². The maximum Gasteiger partial charge on any atom is 0.0553 e. The molecule has 0 saturated heterocycles. The van der Waals surface area contributed by atoms with Gasteiger partial charge in [-0.25, -0.2) is 0 Å². The Morgan fingerprint density at radius 3 is 2.32 bits per heavy atom. The summed E-state index contributed by atoms with van der Waals surface area (Å²) in [6.45, 7) is 0. The van der Waals surface area contributed by atoms with Gasteiger partial charge in [-0.1, -0.05) is 48.6 Å². The molecule has 112 valence electrons. The van der Waals surface area contributed by atoms with Crippen LogP contribution in [-0.4, -0.2) is 4.98 Å². The molecule has 1 heterocycles. The molecule has 1 aromatic heterocycles. The van der Waals surface area contributed by atoms with Gasteiger partial charge < -0.3 is 0 Å². The van der Waals surface area contributed by atoms with Crippen LogP contribution in [0.4, 0.5) is 0 Å². The van der Waals surface area contributed by atoms with Gasteiger partial charge >= 0.3 is 0 Å². The van der Waals surface area contributed by atoms with Crippen LogP contribution in [0.3, 0.4) is 0 Å². The molecule has 0 N–H and O–H groups in total. The Bertz CT molecular complexity index is 726. The van der Waals surface area contributed by atoms with Crippen molar-refractivity contribution in [2.24, 2.45) is 0 Å². The van der Waals surface area contributed by atoms with E-state index in [-0.39, 0.29) is 0 Å². The molecule has 1 nitrogen and oxygen atoms in total. The van der Waals surface area contributed by atoms with E-state index in [9.17, 15) is 0 Å². The second kappa shape index (κ2) is 6.08. The van der Waals surface area contributed by atoms with Crippen molar-refractivity contribution in [3.05, 3.63) is 66.0 Å². The molecule has 1 aromatic carbocycles. The molecule has 2 atom stereocenters. The summed E-state index contributed by atoms with van der Waals surface area (Å²) in [7, 11) is 0. The van der Waals surface area contributed by atoms with E-state index in [0.29, 0.717) is 11.8 Å². The summed E-state index contributed by atoms with van der Waals surface area (Å²) in [6.07, 6.45) is 16.9. The van der Waals surface area contributed by atoms with Crippen molar-refractivity contribution in [3.63, 3.8) is 0 Å². The lowest BCUT2D eigenvalue weighted by atomic mass is 9.87. The van der Waals surface area contributed by atoms with Gasteiger partial charge in [0.05, 0.1) is 5.69 Å². The van der Waals surface area contributed by atoms with Gasteiger partial charge in [0, 0.05) is 22.9 Å². The quantitative estimate of drug-likeness (QED) is 0.629. The standard InChI is InChI=1S/C21H23N/c1-3-9-16(10-4-1)20-15-18-13-7-8-14-19(18)21(22-20)17-11-5-2-6-12-17/h3,5,7-9,11,13-17H,1-2,4,6,10,12H2. The van der Waals surface area contributed by atoms with E-state index >= 15 is 0 Å². The molecule has 2 aromatic rings. The Morgan fingerprint density at radius 1 is 0.864 bits per heavy atom. The third-order valence-electron chi connectivity index (χ3n) is 5.03. The normalized spacial score (nSPS) is 24.7. The number of nitrogens with zero attached hydrogens (tertiary/aromatic N) is 1. The van der Waals surface area contributed by atoms with E-state index in [1.54, 1.807) is 0 Å². The van der Waals surface area contributed by atoms with Crippen molar-refractivity contribution in [2.75, 3.05) is 0 Å². The number of allylic oxidation sites excluding steroid dienone is 4. The monoisotopic (exact) mass is 289 g/mol. The minimum Gasteiger partial charge on any atom is -0.256 e. The minimum absolute atomic E-state index is 0.492. The van der Waals surface area contributed by atoms with Crippen LogP contribution in [-0.2, 0) is 0 Å².